The molecule has 118 valence electrons. The maximum Gasteiger partial charge on any atom is 0.243 e. The van der Waals surface area contributed by atoms with E-state index in [1.165, 1.54) is 12.1 Å². The van der Waals surface area contributed by atoms with Crippen LogP contribution in [-0.4, -0.2) is 38.9 Å². The molecule has 2 rings (SSSR count). The monoisotopic (exact) mass is 354 g/mol. The largest absolute Gasteiger partial charge is 0.399 e. The quantitative estimate of drug-likeness (QED) is 0.709. The summed E-state index contributed by atoms with van der Waals surface area (Å²) in [6.07, 6.45) is 0.720. The number of halogens is 2. The van der Waals surface area contributed by atoms with Crippen molar-refractivity contribution in [3.8, 4) is 0 Å². The zero-order valence-corrected chi connectivity index (χ0v) is 13.4. The minimum absolute atomic E-state index is 0.0635. The van der Waals surface area contributed by atoms with Crippen molar-refractivity contribution in [2.75, 3.05) is 25.5 Å². The second-order valence-corrected chi connectivity index (χ2v) is 7.49. The molecule has 1 heterocycles. The number of hydrogen-bond acceptors (Lipinski definition) is 5. The van der Waals surface area contributed by atoms with Crippen LogP contribution in [0.15, 0.2) is 17.0 Å². The van der Waals surface area contributed by atoms with Crippen LogP contribution in [0.25, 0.3) is 0 Å². The van der Waals surface area contributed by atoms with Crippen molar-refractivity contribution in [2.45, 2.75) is 23.3 Å². The van der Waals surface area contributed by atoms with Crippen LogP contribution in [0.5, 0.6) is 0 Å². The summed E-state index contributed by atoms with van der Waals surface area (Å²) < 4.78 is 32.1. The molecule has 1 aromatic rings. The average molecular weight is 355 g/mol. The number of rotatable bonds is 4. The van der Waals surface area contributed by atoms with E-state index < -0.39 is 15.6 Å². The van der Waals surface area contributed by atoms with Crippen LogP contribution in [0.3, 0.4) is 0 Å². The molecule has 0 spiro atoms. The Morgan fingerprint density at radius 2 is 1.81 bits per heavy atom. The van der Waals surface area contributed by atoms with Gasteiger partial charge in [-0.2, -0.15) is 0 Å². The third-order valence-electron chi connectivity index (χ3n) is 3.30. The van der Waals surface area contributed by atoms with Crippen LogP contribution in [0.2, 0.25) is 10.0 Å². The van der Waals surface area contributed by atoms with Crippen molar-refractivity contribution in [3.05, 3.63) is 22.2 Å². The summed E-state index contributed by atoms with van der Waals surface area (Å²) in [4.78, 5) is -0.240. The predicted octanol–water partition coefficient (Wildman–Crippen LogP) is 1.40. The lowest BCUT2D eigenvalue weighted by molar-refractivity contribution is -0.0588. The molecule has 0 atom stereocenters. The molecule has 9 heteroatoms. The third kappa shape index (κ3) is 4.00. The fraction of sp³-hybridized carbons (Fsp3) is 0.500. The Hall–Kier alpha value is -0.570. The zero-order valence-electron chi connectivity index (χ0n) is 11.1. The molecule has 0 saturated carbocycles. The van der Waals surface area contributed by atoms with Crippen LogP contribution in [0.1, 0.15) is 12.8 Å². The Morgan fingerprint density at radius 3 is 2.33 bits per heavy atom. The lowest BCUT2D eigenvalue weighted by Gasteiger charge is -2.32. The summed E-state index contributed by atoms with van der Waals surface area (Å²) in [5.74, 6) is 0. The van der Waals surface area contributed by atoms with Crippen molar-refractivity contribution in [1.82, 2.24) is 4.72 Å². The Kier molecular flexibility index (Phi) is 5.02. The minimum atomic E-state index is -3.95. The third-order valence-corrected chi connectivity index (χ3v) is 5.63. The molecule has 6 nitrogen and oxygen atoms in total. The number of benzene rings is 1. The van der Waals surface area contributed by atoms with E-state index >= 15 is 0 Å². The lowest BCUT2D eigenvalue weighted by Crippen LogP contribution is -2.46. The van der Waals surface area contributed by atoms with Gasteiger partial charge in [-0.15, -0.1) is 0 Å². The van der Waals surface area contributed by atoms with E-state index in [2.05, 4.69) is 4.72 Å². The van der Waals surface area contributed by atoms with Crippen LogP contribution in [-0.2, 0) is 14.8 Å². The Bertz CT molecular complexity index is 607. The van der Waals surface area contributed by atoms with Gasteiger partial charge < -0.3 is 15.6 Å². The molecule has 1 aliphatic heterocycles. The first-order valence-corrected chi connectivity index (χ1v) is 8.52. The molecule has 0 bridgehead atoms. The molecule has 0 aliphatic carbocycles. The first-order chi connectivity index (χ1) is 9.73. The van der Waals surface area contributed by atoms with Gasteiger partial charge in [0.15, 0.2) is 0 Å². The van der Waals surface area contributed by atoms with Gasteiger partial charge in [-0.1, -0.05) is 23.2 Å². The van der Waals surface area contributed by atoms with Crippen molar-refractivity contribution in [2.24, 2.45) is 0 Å². The summed E-state index contributed by atoms with van der Waals surface area (Å²) in [6, 6.07) is 2.62. The van der Waals surface area contributed by atoms with Gasteiger partial charge in [-0.3, -0.25) is 0 Å². The van der Waals surface area contributed by atoms with Crippen LogP contribution in [0.4, 0.5) is 5.69 Å². The van der Waals surface area contributed by atoms with E-state index in [1.54, 1.807) is 0 Å². The molecule has 1 aliphatic rings. The standard InChI is InChI=1S/C12H16Cl2N2O4S/c13-9-5-8(15)6-10(14)11(9)21(18,19)16-7-12(17)1-3-20-4-2-12/h5-6,16-17H,1-4,7,15H2. The molecule has 0 radical (unpaired) electrons. The molecular formula is C12H16Cl2N2O4S. The summed E-state index contributed by atoms with van der Waals surface area (Å²) in [5.41, 5.74) is 4.69. The number of sulfonamides is 1. The minimum Gasteiger partial charge on any atom is -0.399 e. The summed E-state index contributed by atoms with van der Waals surface area (Å²) in [7, 11) is -3.95. The summed E-state index contributed by atoms with van der Waals surface area (Å²) in [5, 5.41) is 10.1. The topological polar surface area (TPSA) is 102 Å². The molecule has 0 aromatic heterocycles. The number of nitrogens with two attached hydrogens (primary N) is 1. The van der Waals surface area contributed by atoms with Gasteiger partial charge in [-0.25, -0.2) is 13.1 Å². The highest BCUT2D eigenvalue weighted by Crippen LogP contribution is 2.32. The molecule has 0 amide bonds. The van der Waals surface area contributed by atoms with Crippen molar-refractivity contribution in [3.63, 3.8) is 0 Å². The maximum atomic E-state index is 12.3. The highest BCUT2D eigenvalue weighted by molar-refractivity contribution is 7.89. The highest BCUT2D eigenvalue weighted by Gasteiger charge is 2.32. The second-order valence-electron chi connectivity index (χ2n) is 4.97. The van der Waals surface area contributed by atoms with Gasteiger partial charge in [0.25, 0.3) is 0 Å². The fourth-order valence-corrected chi connectivity index (χ4v) is 4.41. The number of nitrogen functional groups attached to an aromatic ring is 1. The van der Waals surface area contributed by atoms with Gasteiger partial charge in [0.05, 0.1) is 15.6 Å². The molecule has 1 saturated heterocycles. The van der Waals surface area contributed by atoms with Gasteiger partial charge in [0.1, 0.15) is 4.90 Å². The van der Waals surface area contributed by atoms with Gasteiger partial charge >= 0.3 is 0 Å². The first kappa shape index (κ1) is 16.8. The SMILES string of the molecule is Nc1cc(Cl)c(S(=O)(=O)NCC2(O)CCOCC2)c(Cl)c1. The molecule has 0 unspecified atom stereocenters. The van der Waals surface area contributed by atoms with Crippen molar-refractivity contribution in [1.29, 1.82) is 0 Å². The Morgan fingerprint density at radius 1 is 1.29 bits per heavy atom. The fourth-order valence-electron chi connectivity index (χ4n) is 2.07. The summed E-state index contributed by atoms with van der Waals surface area (Å²) in [6.45, 7) is 0.652. The smallest absolute Gasteiger partial charge is 0.243 e. The lowest BCUT2D eigenvalue weighted by atomic mass is 9.95. The number of anilines is 1. The first-order valence-electron chi connectivity index (χ1n) is 6.28. The Labute approximate surface area is 133 Å². The van der Waals surface area contributed by atoms with Crippen LogP contribution >= 0.6 is 23.2 Å². The van der Waals surface area contributed by atoms with Crippen molar-refractivity contribution >= 4 is 38.9 Å². The van der Waals surface area contributed by atoms with Crippen LogP contribution < -0.4 is 10.5 Å². The van der Waals surface area contributed by atoms with E-state index in [9.17, 15) is 13.5 Å². The average Bonchev–Trinajstić information content (AvgIpc) is 2.36. The van der Waals surface area contributed by atoms with E-state index in [0.717, 1.165) is 0 Å². The Balaban J connectivity index is 2.19. The summed E-state index contributed by atoms with van der Waals surface area (Å²) >= 11 is 11.8. The van der Waals surface area contributed by atoms with Gasteiger partial charge in [0.2, 0.25) is 10.0 Å². The molecule has 1 fully saturated rings. The molecular weight excluding hydrogens is 339 g/mol. The molecule has 21 heavy (non-hydrogen) atoms. The van der Waals surface area contributed by atoms with Gasteiger partial charge in [0, 0.05) is 38.3 Å². The van der Waals surface area contributed by atoms with Crippen LogP contribution in [0, 0.1) is 0 Å². The van der Waals surface area contributed by atoms with E-state index in [-0.39, 0.29) is 27.2 Å². The van der Waals surface area contributed by atoms with Gasteiger partial charge in [-0.05, 0) is 12.1 Å². The normalized spacial score (nSPS) is 18.6. The van der Waals surface area contributed by atoms with E-state index in [4.69, 9.17) is 33.7 Å². The second kappa shape index (κ2) is 6.28. The number of ether oxygens (including phenoxy) is 1. The predicted molar refractivity (Wildman–Crippen MR) is 81.1 cm³/mol. The highest BCUT2D eigenvalue weighted by atomic mass is 35.5. The number of hydrogen-bond donors (Lipinski definition) is 3. The maximum absolute atomic E-state index is 12.3. The van der Waals surface area contributed by atoms with Crippen molar-refractivity contribution < 1.29 is 18.3 Å². The van der Waals surface area contributed by atoms with E-state index in [1.807, 2.05) is 0 Å². The number of nitrogens with one attached hydrogen (secondary N) is 1. The zero-order chi connectivity index (χ0) is 15.7. The molecule has 4 N–H and O–H groups in total. The van der Waals surface area contributed by atoms with E-state index in [0.29, 0.717) is 26.1 Å². The molecule has 1 aromatic carbocycles. The number of aliphatic hydroxyl groups is 1.